The lowest BCUT2D eigenvalue weighted by molar-refractivity contribution is -0.133. The Morgan fingerprint density at radius 3 is 2.67 bits per heavy atom. The third-order valence-corrected chi connectivity index (χ3v) is 2.17. The van der Waals surface area contributed by atoms with Gasteiger partial charge in [0.25, 0.3) is 0 Å². The summed E-state index contributed by atoms with van der Waals surface area (Å²) < 4.78 is 15.0. The Morgan fingerprint density at radius 2 is 2.00 bits per heavy atom. The van der Waals surface area contributed by atoms with Gasteiger partial charge < -0.3 is 19.3 Å². The van der Waals surface area contributed by atoms with Crippen molar-refractivity contribution < 1.29 is 28.9 Å². The lowest BCUT2D eigenvalue weighted by atomic mass is 10.3. The molecule has 0 spiro atoms. The van der Waals surface area contributed by atoms with Crippen molar-refractivity contribution in [3.05, 3.63) is 29.7 Å². The van der Waals surface area contributed by atoms with E-state index in [0.717, 1.165) is 0 Å². The van der Waals surface area contributed by atoms with E-state index in [9.17, 15) is 14.7 Å². The molecule has 1 aliphatic heterocycles. The van der Waals surface area contributed by atoms with E-state index in [1.807, 2.05) is 0 Å². The van der Waals surface area contributed by atoms with E-state index in [1.54, 1.807) is 0 Å². The minimum atomic E-state index is -0.925. The number of hydrogen-bond acceptors (Lipinski definition) is 6. The van der Waals surface area contributed by atoms with E-state index >= 15 is 0 Å². The minimum Gasteiger partial charge on any atom is -0.499 e. The second-order valence-electron chi connectivity index (χ2n) is 3.60. The van der Waals surface area contributed by atoms with Crippen LogP contribution in [0.3, 0.4) is 0 Å². The number of rotatable bonds is 1. The molecule has 0 radical (unpaired) electrons. The standard InChI is InChI=1S/C12H10O6/c1-6-11(14)12(15)18-10-5-8(17-7(2)13)3-4-9(10)16-6/h3-5,14H,1-2H3. The zero-order valence-corrected chi connectivity index (χ0v) is 9.72. The van der Waals surface area contributed by atoms with Gasteiger partial charge in [0.05, 0.1) is 0 Å². The molecule has 0 saturated heterocycles. The van der Waals surface area contributed by atoms with Gasteiger partial charge in [-0.1, -0.05) is 0 Å². The summed E-state index contributed by atoms with van der Waals surface area (Å²) in [4.78, 5) is 22.2. The van der Waals surface area contributed by atoms with E-state index in [0.29, 0.717) is 0 Å². The fraction of sp³-hybridized carbons (Fsp3) is 0.167. The normalized spacial score (nSPS) is 14.2. The van der Waals surface area contributed by atoms with Gasteiger partial charge in [0.15, 0.2) is 17.3 Å². The van der Waals surface area contributed by atoms with Gasteiger partial charge in [-0.2, -0.15) is 0 Å². The Bertz CT molecular complexity index is 558. The molecule has 0 aromatic heterocycles. The van der Waals surface area contributed by atoms with E-state index in [-0.39, 0.29) is 23.0 Å². The van der Waals surface area contributed by atoms with Crippen LogP contribution in [0.25, 0.3) is 0 Å². The van der Waals surface area contributed by atoms with Crippen LogP contribution in [-0.2, 0) is 9.59 Å². The summed E-state index contributed by atoms with van der Waals surface area (Å²) in [6, 6.07) is 4.30. The molecule has 1 N–H and O–H groups in total. The molecule has 0 amide bonds. The van der Waals surface area contributed by atoms with Crippen LogP contribution in [0.1, 0.15) is 13.8 Å². The summed E-state index contributed by atoms with van der Waals surface area (Å²) in [5.74, 6) is -1.43. The van der Waals surface area contributed by atoms with Crippen molar-refractivity contribution in [1.82, 2.24) is 0 Å². The summed E-state index contributed by atoms with van der Waals surface area (Å²) in [6.45, 7) is 2.69. The molecule has 0 bridgehead atoms. The number of aliphatic hydroxyl groups is 1. The number of esters is 2. The molecule has 2 rings (SSSR count). The van der Waals surface area contributed by atoms with Gasteiger partial charge in [-0.3, -0.25) is 4.79 Å². The fourth-order valence-electron chi connectivity index (χ4n) is 1.39. The molecular formula is C12H10O6. The third kappa shape index (κ3) is 2.27. The number of carbonyl (C=O) groups is 2. The Kier molecular flexibility index (Phi) is 2.93. The number of fused-ring (bicyclic) bond motifs is 1. The van der Waals surface area contributed by atoms with Crippen LogP contribution in [0, 0.1) is 0 Å². The molecule has 0 aliphatic carbocycles. The van der Waals surface area contributed by atoms with Gasteiger partial charge in [-0.25, -0.2) is 4.79 Å². The van der Waals surface area contributed by atoms with Crippen LogP contribution in [0.4, 0.5) is 0 Å². The Balaban J connectivity index is 2.38. The highest BCUT2D eigenvalue weighted by molar-refractivity contribution is 5.89. The summed E-state index contributed by atoms with van der Waals surface area (Å²) >= 11 is 0. The topological polar surface area (TPSA) is 82.1 Å². The Hall–Kier alpha value is -2.50. The van der Waals surface area contributed by atoms with Crippen molar-refractivity contribution in [2.75, 3.05) is 0 Å². The van der Waals surface area contributed by atoms with Gasteiger partial charge in [-0.15, -0.1) is 0 Å². The second-order valence-corrected chi connectivity index (χ2v) is 3.60. The maximum absolute atomic E-state index is 11.4. The molecule has 0 fully saturated rings. The molecule has 0 saturated carbocycles. The number of aliphatic hydroxyl groups excluding tert-OH is 1. The predicted molar refractivity (Wildman–Crippen MR) is 59.3 cm³/mol. The average Bonchev–Trinajstić information content (AvgIpc) is 2.39. The molecule has 0 atom stereocenters. The monoisotopic (exact) mass is 250 g/mol. The minimum absolute atomic E-state index is 0.0407. The van der Waals surface area contributed by atoms with Crippen molar-refractivity contribution in [2.45, 2.75) is 13.8 Å². The van der Waals surface area contributed by atoms with Crippen molar-refractivity contribution >= 4 is 11.9 Å². The molecule has 1 heterocycles. The largest absolute Gasteiger partial charge is 0.499 e. The van der Waals surface area contributed by atoms with Crippen molar-refractivity contribution in [3.8, 4) is 17.2 Å². The highest BCUT2D eigenvalue weighted by Gasteiger charge is 2.23. The summed E-state index contributed by atoms with van der Waals surface area (Å²) in [7, 11) is 0. The highest BCUT2D eigenvalue weighted by Crippen LogP contribution is 2.35. The summed E-state index contributed by atoms with van der Waals surface area (Å²) in [5, 5.41) is 9.41. The van der Waals surface area contributed by atoms with Crippen molar-refractivity contribution in [1.29, 1.82) is 0 Å². The second kappa shape index (κ2) is 4.40. The third-order valence-electron chi connectivity index (χ3n) is 2.17. The summed E-state index contributed by atoms with van der Waals surface area (Å²) in [5.41, 5.74) is 0. The van der Waals surface area contributed by atoms with Crippen LogP contribution in [-0.4, -0.2) is 17.0 Å². The van der Waals surface area contributed by atoms with Crippen LogP contribution >= 0.6 is 0 Å². The molecule has 6 heteroatoms. The molecule has 18 heavy (non-hydrogen) atoms. The zero-order valence-electron chi connectivity index (χ0n) is 9.72. The SMILES string of the molecule is CC(=O)Oc1ccc2c(c1)OC(=O)C(O)=C(C)O2. The van der Waals surface area contributed by atoms with Gasteiger partial charge in [0.2, 0.25) is 5.76 Å². The van der Waals surface area contributed by atoms with E-state index in [2.05, 4.69) is 0 Å². The Labute approximate surface area is 102 Å². The fourth-order valence-corrected chi connectivity index (χ4v) is 1.39. The zero-order chi connectivity index (χ0) is 13.3. The quantitative estimate of drug-likeness (QED) is 0.603. The summed E-state index contributed by atoms with van der Waals surface area (Å²) in [6.07, 6.45) is 0. The van der Waals surface area contributed by atoms with Gasteiger partial charge in [0.1, 0.15) is 5.75 Å². The first-order valence-electron chi connectivity index (χ1n) is 5.09. The number of ether oxygens (including phenoxy) is 3. The van der Waals surface area contributed by atoms with Crippen molar-refractivity contribution in [3.63, 3.8) is 0 Å². The van der Waals surface area contributed by atoms with Crippen LogP contribution < -0.4 is 14.2 Å². The Morgan fingerprint density at radius 1 is 1.28 bits per heavy atom. The van der Waals surface area contributed by atoms with E-state index in [4.69, 9.17) is 14.2 Å². The molecule has 0 unspecified atom stereocenters. The molecule has 1 aromatic rings. The lowest BCUT2D eigenvalue weighted by Gasteiger charge is -2.08. The van der Waals surface area contributed by atoms with Crippen LogP contribution in [0.5, 0.6) is 17.2 Å². The lowest BCUT2D eigenvalue weighted by Crippen LogP contribution is -2.11. The van der Waals surface area contributed by atoms with E-state index < -0.39 is 17.7 Å². The first-order valence-corrected chi connectivity index (χ1v) is 5.09. The van der Waals surface area contributed by atoms with Gasteiger partial charge in [0, 0.05) is 13.0 Å². The number of allylic oxidation sites excluding steroid dienone is 1. The molecule has 1 aromatic carbocycles. The molecule has 94 valence electrons. The first-order chi connectivity index (χ1) is 8.47. The first kappa shape index (κ1) is 12.0. The number of hydrogen-bond donors (Lipinski definition) is 1. The molecule has 6 nitrogen and oxygen atoms in total. The smallest absolute Gasteiger partial charge is 0.382 e. The maximum atomic E-state index is 11.4. The van der Waals surface area contributed by atoms with Crippen molar-refractivity contribution in [2.24, 2.45) is 0 Å². The maximum Gasteiger partial charge on any atom is 0.382 e. The van der Waals surface area contributed by atoms with Crippen LogP contribution in [0.15, 0.2) is 29.7 Å². The van der Waals surface area contributed by atoms with E-state index in [1.165, 1.54) is 32.0 Å². The van der Waals surface area contributed by atoms with Crippen LogP contribution in [0.2, 0.25) is 0 Å². The molecule has 1 aliphatic rings. The number of benzene rings is 1. The van der Waals surface area contributed by atoms with Gasteiger partial charge >= 0.3 is 11.9 Å². The average molecular weight is 250 g/mol. The highest BCUT2D eigenvalue weighted by atomic mass is 16.6. The van der Waals surface area contributed by atoms with Gasteiger partial charge in [-0.05, 0) is 19.1 Å². The molecular weight excluding hydrogens is 240 g/mol. The predicted octanol–water partition coefficient (Wildman–Crippen LogP) is 1.70. The number of carbonyl (C=O) groups excluding carboxylic acids is 2.